The molecule has 2 saturated heterocycles. The maximum atomic E-state index is 12.1. The van der Waals surface area contributed by atoms with E-state index in [0.29, 0.717) is 24.4 Å². The van der Waals surface area contributed by atoms with Crippen LogP contribution < -0.4 is 10.6 Å². The Hall–Kier alpha value is -0.320. The molecule has 4 nitrogen and oxygen atoms in total. The van der Waals surface area contributed by atoms with E-state index in [1.807, 2.05) is 0 Å². The van der Waals surface area contributed by atoms with Gasteiger partial charge in [0.25, 0.3) is 0 Å². The van der Waals surface area contributed by atoms with E-state index in [9.17, 15) is 9.90 Å². The molecule has 0 spiro atoms. The average Bonchev–Trinajstić information content (AvgIpc) is 2.72. The Kier molecular flexibility index (Phi) is 5.70. The van der Waals surface area contributed by atoms with Crippen LogP contribution in [-0.2, 0) is 4.79 Å². The van der Waals surface area contributed by atoms with Gasteiger partial charge in [-0.1, -0.05) is 12.8 Å². The zero-order chi connectivity index (χ0) is 13.2. The van der Waals surface area contributed by atoms with Crippen molar-refractivity contribution in [3.63, 3.8) is 0 Å². The van der Waals surface area contributed by atoms with Gasteiger partial charge < -0.3 is 15.7 Å². The molecular weight excluding hydrogens is 276 g/mol. The van der Waals surface area contributed by atoms with Crippen LogP contribution in [0.2, 0.25) is 0 Å². The fourth-order valence-corrected chi connectivity index (χ4v) is 4.15. The topological polar surface area (TPSA) is 61.4 Å². The van der Waals surface area contributed by atoms with Crippen LogP contribution in [0.4, 0.5) is 0 Å². The summed E-state index contributed by atoms with van der Waals surface area (Å²) in [6.07, 6.45) is 9.17. The van der Waals surface area contributed by atoms with Crippen molar-refractivity contribution in [3.8, 4) is 0 Å². The lowest BCUT2D eigenvalue weighted by Gasteiger charge is -2.31. The molecular formula is C15H27ClN2O2. The van der Waals surface area contributed by atoms with E-state index >= 15 is 0 Å². The molecule has 2 bridgehead atoms. The summed E-state index contributed by atoms with van der Waals surface area (Å²) in [5.41, 5.74) is 0. The summed E-state index contributed by atoms with van der Waals surface area (Å²) in [7, 11) is 0. The summed E-state index contributed by atoms with van der Waals surface area (Å²) >= 11 is 0. The van der Waals surface area contributed by atoms with Gasteiger partial charge in [0.2, 0.25) is 5.91 Å². The third kappa shape index (κ3) is 3.86. The number of halogens is 1. The van der Waals surface area contributed by atoms with Gasteiger partial charge >= 0.3 is 0 Å². The predicted octanol–water partition coefficient (Wildman–Crippen LogP) is 1.75. The first-order chi connectivity index (χ1) is 9.20. The summed E-state index contributed by atoms with van der Waals surface area (Å²) in [4.78, 5) is 12.1. The van der Waals surface area contributed by atoms with E-state index in [2.05, 4.69) is 10.6 Å². The third-order valence-electron chi connectivity index (χ3n) is 5.12. The van der Waals surface area contributed by atoms with Crippen molar-refractivity contribution in [1.29, 1.82) is 0 Å². The molecule has 0 aromatic carbocycles. The first-order valence-electron chi connectivity index (χ1n) is 7.94. The van der Waals surface area contributed by atoms with E-state index in [-0.39, 0.29) is 30.5 Å². The standard InChI is InChI=1S/C15H26N2O2.ClH/c18-14-4-2-1-3-13(14)17-15(19)9-10-7-11-5-6-12(8-10)16-11;/h10-14,16,18H,1-9H2,(H,17,19);1H/t10?,11?,12?,13-,14-;/m1./s1. The minimum atomic E-state index is -0.332. The van der Waals surface area contributed by atoms with Crippen molar-refractivity contribution in [3.05, 3.63) is 0 Å². The molecule has 3 aliphatic rings. The van der Waals surface area contributed by atoms with Gasteiger partial charge in [-0.25, -0.2) is 0 Å². The normalized spacial score (nSPS) is 40.0. The number of carbonyl (C=O) groups is 1. The number of rotatable bonds is 3. The smallest absolute Gasteiger partial charge is 0.220 e. The lowest BCUT2D eigenvalue weighted by molar-refractivity contribution is -0.124. The van der Waals surface area contributed by atoms with Gasteiger partial charge in [-0.3, -0.25) is 4.79 Å². The predicted molar refractivity (Wildman–Crippen MR) is 80.9 cm³/mol. The van der Waals surface area contributed by atoms with E-state index in [0.717, 1.165) is 38.5 Å². The molecule has 3 rings (SSSR count). The van der Waals surface area contributed by atoms with Gasteiger partial charge in [-0.05, 0) is 44.4 Å². The monoisotopic (exact) mass is 302 g/mol. The lowest BCUT2D eigenvalue weighted by Crippen LogP contribution is -2.46. The Balaban J connectivity index is 0.00000147. The Labute approximate surface area is 127 Å². The Morgan fingerprint density at radius 1 is 1.10 bits per heavy atom. The lowest BCUT2D eigenvalue weighted by atomic mass is 9.88. The Morgan fingerprint density at radius 3 is 2.40 bits per heavy atom. The van der Waals surface area contributed by atoms with Crippen LogP contribution in [0, 0.1) is 5.92 Å². The fraction of sp³-hybridized carbons (Fsp3) is 0.933. The van der Waals surface area contributed by atoms with E-state index in [4.69, 9.17) is 0 Å². The van der Waals surface area contributed by atoms with Crippen molar-refractivity contribution in [2.45, 2.75) is 82.0 Å². The highest BCUT2D eigenvalue weighted by molar-refractivity contribution is 5.85. The van der Waals surface area contributed by atoms with Crippen LogP contribution in [0.15, 0.2) is 0 Å². The Morgan fingerprint density at radius 2 is 1.75 bits per heavy atom. The fourth-order valence-electron chi connectivity index (χ4n) is 4.15. The largest absolute Gasteiger partial charge is 0.391 e. The van der Waals surface area contributed by atoms with Gasteiger partial charge in [0, 0.05) is 18.5 Å². The van der Waals surface area contributed by atoms with Gasteiger partial charge in [-0.15, -0.1) is 12.4 Å². The zero-order valence-electron chi connectivity index (χ0n) is 12.0. The highest BCUT2D eigenvalue weighted by Crippen LogP contribution is 2.32. The van der Waals surface area contributed by atoms with Crippen LogP contribution in [0.3, 0.4) is 0 Å². The van der Waals surface area contributed by atoms with Crippen LogP contribution >= 0.6 is 12.4 Å². The minimum absolute atomic E-state index is 0. The second kappa shape index (κ2) is 7.10. The molecule has 4 atom stereocenters. The van der Waals surface area contributed by atoms with E-state index < -0.39 is 0 Å². The maximum Gasteiger partial charge on any atom is 0.220 e. The molecule has 1 aliphatic carbocycles. The molecule has 1 saturated carbocycles. The first kappa shape index (κ1) is 16.1. The third-order valence-corrected chi connectivity index (χ3v) is 5.12. The van der Waals surface area contributed by atoms with Crippen LogP contribution in [-0.4, -0.2) is 35.2 Å². The molecule has 2 unspecified atom stereocenters. The molecule has 1 amide bonds. The molecule has 116 valence electrons. The molecule has 2 aliphatic heterocycles. The average molecular weight is 303 g/mol. The van der Waals surface area contributed by atoms with Gasteiger partial charge in [-0.2, -0.15) is 0 Å². The highest BCUT2D eigenvalue weighted by Gasteiger charge is 2.34. The number of aliphatic hydroxyl groups excluding tert-OH is 1. The highest BCUT2D eigenvalue weighted by atomic mass is 35.5. The van der Waals surface area contributed by atoms with Gasteiger partial charge in [0.15, 0.2) is 0 Å². The summed E-state index contributed by atoms with van der Waals surface area (Å²) < 4.78 is 0. The van der Waals surface area contributed by atoms with Crippen LogP contribution in [0.5, 0.6) is 0 Å². The summed E-state index contributed by atoms with van der Waals surface area (Å²) in [5.74, 6) is 0.691. The van der Waals surface area contributed by atoms with Gasteiger partial charge in [0.05, 0.1) is 12.1 Å². The van der Waals surface area contributed by atoms with E-state index in [1.165, 1.54) is 12.8 Å². The van der Waals surface area contributed by atoms with Crippen molar-refractivity contribution in [2.24, 2.45) is 5.92 Å². The molecule has 0 aromatic heterocycles. The second-order valence-electron chi connectivity index (χ2n) is 6.71. The number of hydrogen-bond acceptors (Lipinski definition) is 3. The Bertz CT molecular complexity index is 328. The number of piperidine rings is 1. The number of amides is 1. The maximum absolute atomic E-state index is 12.1. The number of carbonyl (C=O) groups excluding carboxylic acids is 1. The minimum Gasteiger partial charge on any atom is -0.391 e. The first-order valence-corrected chi connectivity index (χ1v) is 7.94. The molecule has 3 fully saturated rings. The summed E-state index contributed by atoms with van der Waals surface area (Å²) in [6, 6.07) is 1.30. The van der Waals surface area contributed by atoms with E-state index in [1.54, 1.807) is 0 Å². The van der Waals surface area contributed by atoms with Crippen molar-refractivity contribution < 1.29 is 9.90 Å². The molecule has 5 heteroatoms. The number of aliphatic hydroxyl groups is 1. The molecule has 3 N–H and O–H groups in total. The second-order valence-corrected chi connectivity index (χ2v) is 6.71. The quantitative estimate of drug-likeness (QED) is 0.744. The molecule has 2 heterocycles. The SMILES string of the molecule is Cl.O=C(CC1CC2CCC(C1)N2)N[C@@H]1CCCC[C@H]1O. The van der Waals surface area contributed by atoms with Crippen LogP contribution in [0.25, 0.3) is 0 Å². The molecule has 0 aromatic rings. The number of hydrogen-bond donors (Lipinski definition) is 3. The summed E-state index contributed by atoms with van der Waals surface area (Å²) in [6.45, 7) is 0. The number of nitrogens with one attached hydrogen (secondary N) is 2. The van der Waals surface area contributed by atoms with Crippen molar-refractivity contribution in [2.75, 3.05) is 0 Å². The van der Waals surface area contributed by atoms with Crippen LogP contribution in [0.1, 0.15) is 57.8 Å². The van der Waals surface area contributed by atoms with Crippen molar-refractivity contribution >= 4 is 18.3 Å². The summed E-state index contributed by atoms with van der Waals surface area (Å²) in [5, 5.41) is 16.6. The molecule has 0 radical (unpaired) electrons. The number of fused-ring (bicyclic) bond motifs is 2. The zero-order valence-corrected chi connectivity index (χ0v) is 12.8. The van der Waals surface area contributed by atoms with Crippen molar-refractivity contribution in [1.82, 2.24) is 10.6 Å². The molecule has 20 heavy (non-hydrogen) atoms. The van der Waals surface area contributed by atoms with Gasteiger partial charge in [0.1, 0.15) is 0 Å².